The Kier molecular flexibility index (Phi) is 35.6. The molecule has 17 nitrogen and oxygen atoms in total. The summed E-state index contributed by atoms with van der Waals surface area (Å²) >= 11 is 4.71. The quantitative estimate of drug-likeness (QED) is 0.0287. The molecular weight excluding hydrogens is 1160 g/mol. The van der Waals surface area contributed by atoms with E-state index in [1.54, 1.807) is 61.6 Å². The van der Waals surface area contributed by atoms with E-state index in [4.69, 9.17) is 60.7 Å². The third-order valence-corrected chi connectivity index (χ3v) is 14.5. The number of halogens is 1. The molecule has 4 N–H and O–H groups in total. The van der Waals surface area contributed by atoms with Crippen molar-refractivity contribution in [3.63, 3.8) is 0 Å². The number of rotatable bonds is 11. The first-order valence-corrected chi connectivity index (χ1v) is 33.7. The van der Waals surface area contributed by atoms with E-state index >= 15 is 0 Å². The Bertz CT molecular complexity index is 2540. The molecule has 0 aliphatic carbocycles. The molecule has 0 aromatic carbocycles. The Morgan fingerprint density at radius 3 is 1.43 bits per heavy atom. The van der Waals surface area contributed by atoms with E-state index in [9.17, 15) is 39.6 Å². The lowest BCUT2D eigenvalue weighted by Gasteiger charge is -2.33. The van der Waals surface area contributed by atoms with Crippen molar-refractivity contribution in [2.75, 3.05) is 0 Å². The number of esters is 3. The van der Waals surface area contributed by atoms with Gasteiger partial charge in [-0.15, -0.1) is 25.1 Å². The van der Waals surface area contributed by atoms with Crippen LogP contribution in [0.15, 0.2) is 148 Å². The van der Waals surface area contributed by atoms with Crippen molar-refractivity contribution in [2.45, 2.75) is 211 Å². The van der Waals surface area contributed by atoms with Gasteiger partial charge >= 0.3 is 17.9 Å². The number of carbonyl (C=O) groups excluding carboxylic acids is 4. The average molecular weight is 1260 g/mol. The molecule has 88 heavy (non-hydrogen) atoms. The second kappa shape index (κ2) is 40.0. The Labute approximate surface area is 529 Å². The highest BCUT2D eigenvalue weighted by Gasteiger charge is 2.34. The number of allylic oxidation sites excluding steroid dienone is 1. The van der Waals surface area contributed by atoms with Gasteiger partial charge < -0.3 is 63.1 Å². The van der Waals surface area contributed by atoms with Gasteiger partial charge in [0.25, 0.3) is 0 Å². The van der Waals surface area contributed by atoms with Gasteiger partial charge in [-0.1, -0.05) is 174 Å². The van der Waals surface area contributed by atoms with E-state index in [2.05, 4.69) is 119 Å². The molecule has 19 atom stereocenters. The molecule has 0 saturated heterocycles. The standard InChI is InChI=1S/C13H18O3.C13H22O2Si.C11H14O3.C10H12O4.C10H14O2.C9H14O2.C3H3ClO/c1-5-10-12(16-13(14)6-2)8-7-11(15-10)9(3)4;1-10(2)12-7-6-11(14)13(15-12)8-9-16(3,4)5;1-7(2)8-3-4-10-9(13-8)5-6-11(12)14-10;1-6(11)7-2-3-9-8(13-7)4-5-10(12)14-9;1-4-9-8(11)5-6-10(12-9)7(2)3;1-3-7-5-6-8(10)9(4-2)11-7;1-2-3(4)5/h5-12H,1-2H2,3-4H3;6-7,10-14H,1-5H3;3-10H,1-2H3;2-9,11H,1H3;1,5-11H,2-3H3;4-10H,2-3H2,1H3;2H,1H2/t10-,11+,12-;11-,12+,13-;8-,9+,10+;6-,7+,8-,9-;8-,9-,10+;7-,8-,9-;/m110111./s1. The van der Waals surface area contributed by atoms with Gasteiger partial charge in [-0.25, -0.2) is 14.4 Å². The van der Waals surface area contributed by atoms with Crippen molar-refractivity contribution < 1.29 is 82.2 Å². The van der Waals surface area contributed by atoms with Crippen LogP contribution in [0.25, 0.3) is 0 Å². The smallest absolute Gasteiger partial charge is 0.331 e. The van der Waals surface area contributed by atoms with E-state index in [0.717, 1.165) is 18.6 Å². The second-order valence-electron chi connectivity index (χ2n) is 23.6. The molecule has 8 heterocycles. The highest BCUT2D eigenvalue weighted by atomic mass is 35.5. The van der Waals surface area contributed by atoms with Crippen molar-refractivity contribution in [3.8, 4) is 23.8 Å². The summed E-state index contributed by atoms with van der Waals surface area (Å²) < 4.78 is 48.8. The molecular formula is C69H97ClO17Si. The molecule has 0 bridgehead atoms. The van der Waals surface area contributed by atoms with Crippen LogP contribution in [0, 0.1) is 47.5 Å². The number of aliphatic hydroxyl groups excluding tert-OH is 4. The Morgan fingerprint density at radius 2 is 1.00 bits per heavy atom. The third kappa shape index (κ3) is 28.8. The Hall–Kier alpha value is -5.81. The molecule has 8 aliphatic rings. The maximum Gasteiger partial charge on any atom is 0.331 e. The summed E-state index contributed by atoms with van der Waals surface area (Å²) in [5.41, 5.74) is 3.25. The summed E-state index contributed by atoms with van der Waals surface area (Å²) in [7, 11) is -1.40. The molecule has 8 rings (SSSR count). The van der Waals surface area contributed by atoms with Crippen LogP contribution in [-0.4, -0.2) is 168 Å². The largest absolute Gasteiger partial charge is 0.452 e. The highest BCUT2D eigenvalue weighted by molar-refractivity contribution is 6.83. The fraction of sp³-hybridized carbons (Fsp3) is 0.536. The summed E-state index contributed by atoms with van der Waals surface area (Å²) in [4.78, 5) is 42.4. The number of ether oxygens (including phenoxy) is 9. The van der Waals surface area contributed by atoms with E-state index in [1.807, 2.05) is 49.5 Å². The lowest BCUT2D eigenvalue weighted by Crippen LogP contribution is -2.42. The molecule has 0 spiro atoms. The van der Waals surface area contributed by atoms with Crippen molar-refractivity contribution in [2.24, 2.45) is 23.7 Å². The van der Waals surface area contributed by atoms with Crippen LogP contribution in [0.5, 0.6) is 0 Å². The SMILES string of the molecule is C#C[C@H]1O[C@H](C(C)C)C=C[C@H]1O.C=CC(=O)Cl.C=CC(=O)O[C@@H]1C=C[C@@H](C(C)C)O[C@@H]1C=C.C=C[C@H]1O[C@H](CC)C=C[C@H]1O.CC(C)[C@@H]1C=C[C@@H](O)[C@@H](C#C[Si](C)(C)C)O1.CC(C)[C@@H]1C=C[C@H]2OC(=O)C=C[C@H]2O1.C[C@@H](O)[C@@H]1C=C[C@H]2OC(=O)C=C[C@H]2O1. The molecule has 0 saturated carbocycles. The highest BCUT2D eigenvalue weighted by Crippen LogP contribution is 2.26. The molecule has 486 valence electrons. The third-order valence-electron chi connectivity index (χ3n) is 13.5. The fourth-order valence-electron chi connectivity index (χ4n) is 8.27. The van der Waals surface area contributed by atoms with E-state index < -0.39 is 55.9 Å². The van der Waals surface area contributed by atoms with Crippen LogP contribution in [0.4, 0.5) is 0 Å². The zero-order valence-corrected chi connectivity index (χ0v) is 55.2. The number of fused-ring (bicyclic) bond motifs is 2. The van der Waals surface area contributed by atoms with Crippen molar-refractivity contribution in [3.05, 3.63) is 148 Å². The van der Waals surface area contributed by atoms with E-state index in [1.165, 1.54) is 12.2 Å². The first-order valence-electron chi connectivity index (χ1n) is 29.8. The first kappa shape index (κ1) is 78.3. The van der Waals surface area contributed by atoms with Gasteiger partial charge in [0.15, 0.2) is 18.3 Å². The molecule has 0 aromatic heterocycles. The summed E-state index contributed by atoms with van der Waals surface area (Å²) in [6.07, 6.45) is 35.0. The minimum Gasteiger partial charge on any atom is -0.452 e. The summed E-state index contributed by atoms with van der Waals surface area (Å²) in [6.45, 7) is 40.7. The first-order chi connectivity index (χ1) is 41.4. The van der Waals surface area contributed by atoms with Gasteiger partial charge in [-0.2, -0.15) is 0 Å². The number of hydrogen-bond acceptors (Lipinski definition) is 17. The van der Waals surface area contributed by atoms with Gasteiger partial charge in [0.1, 0.15) is 69.1 Å². The lowest BCUT2D eigenvalue weighted by atomic mass is 10.00. The van der Waals surface area contributed by atoms with E-state index in [-0.39, 0.29) is 91.3 Å². The van der Waals surface area contributed by atoms with Crippen LogP contribution >= 0.6 is 11.6 Å². The second-order valence-corrected chi connectivity index (χ2v) is 28.7. The Morgan fingerprint density at radius 1 is 0.580 bits per heavy atom. The number of aliphatic hydroxyl groups is 4. The van der Waals surface area contributed by atoms with Crippen LogP contribution in [0.3, 0.4) is 0 Å². The summed E-state index contributed by atoms with van der Waals surface area (Å²) in [5, 5.41) is 37.2. The van der Waals surface area contributed by atoms with E-state index in [0.29, 0.717) is 23.7 Å². The lowest BCUT2D eigenvalue weighted by molar-refractivity contribution is -0.153. The molecule has 19 heteroatoms. The van der Waals surface area contributed by atoms with Crippen LogP contribution in [-0.2, 0) is 61.8 Å². The maximum atomic E-state index is 11.1. The number of terminal acetylenes is 1. The normalized spacial score (nSPS) is 32.1. The summed E-state index contributed by atoms with van der Waals surface area (Å²) in [6, 6.07) is 0. The predicted molar refractivity (Wildman–Crippen MR) is 346 cm³/mol. The summed E-state index contributed by atoms with van der Waals surface area (Å²) in [5.74, 6) is 6.04. The number of carbonyl (C=O) groups is 4. The topological polar surface area (TPSA) is 232 Å². The fourth-order valence-corrected chi connectivity index (χ4v) is 8.85. The maximum absolute atomic E-state index is 11.1. The number of hydrogen-bond donors (Lipinski definition) is 4. The van der Waals surface area contributed by atoms with Gasteiger partial charge in [-0.05, 0) is 85.1 Å². The zero-order valence-electron chi connectivity index (χ0n) is 53.4. The average Bonchev–Trinajstić information content (AvgIpc) is 3.65. The van der Waals surface area contributed by atoms with Crippen molar-refractivity contribution in [1.82, 2.24) is 0 Å². The molecule has 0 unspecified atom stereocenters. The molecule has 8 aliphatic heterocycles. The Balaban J connectivity index is 0.000000356. The van der Waals surface area contributed by atoms with Gasteiger partial charge in [0.05, 0.1) is 36.6 Å². The monoisotopic (exact) mass is 1260 g/mol. The van der Waals surface area contributed by atoms with Gasteiger partial charge in [-0.3, -0.25) is 4.79 Å². The van der Waals surface area contributed by atoms with Crippen molar-refractivity contribution >= 4 is 42.8 Å². The zero-order chi connectivity index (χ0) is 66.4. The van der Waals surface area contributed by atoms with Crippen molar-refractivity contribution in [1.29, 1.82) is 0 Å². The molecule has 0 fully saturated rings. The minimum absolute atomic E-state index is 0.0365. The minimum atomic E-state index is -1.40. The van der Waals surface area contributed by atoms with Crippen LogP contribution in [0.2, 0.25) is 19.6 Å². The van der Waals surface area contributed by atoms with Gasteiger partial charge in [0.2, 0.25) is 5.24 Å². The molecule has 0 radical (unpaired) electrons. The van der Waals surface area contributed by atoms with Crippen LogP contribution in [0.1, 0.15) is 75.7 Å². The molecule has 0 aromatic rings. The molecule has 0 amide bonds. The van der Waals surface area contributed by atoms with Crippen LogP contribution < -0.4 is 0 Å². The van der Waals surface area contributed by atoms with Gasteiger partial charge in [0, 0.05) is 18.2 Å². The predicted octanol–water partition coefficient (Wildman–Crippen LogP) is 9.24.